The first-order valence-corrected chi connectivity index (χ1v) is 14.6. The van der Waals surface area contributed by atoms with Crippen molar-refractivity contribution in [2.45, 2.75) is 114 Å². The number of hydrogen-bond acceptors (Lipinski definition) is 9. The van der Waals surface area contributed by atoms with Gasteiger partial charge in [-0.2, -0.15) is 0 Å². The highest BCUT2D eigenvalue weighted by atomic mass is 16.7. The number of aliphatic hydroxyl groups is 5. The van der Waals surface area contributed by atoms with Crippen molar-refractivity contribution < 1.29 is 44.5 Å². The zero-order valence-corrected chi connectivity index (χ0v) is 22.5. The Morgan fingerprint density at radius 2 is 1.76 bits per heavy atom. The van der Waals surface area contributed by atoms with E-state index in [9.17, 15) is 30.3 Å². The van der Waals surface area contributed by atoms with Gasteiger partial charge in [0, 0.05) is 11.0 Å². The maximum absolute atomic E-state index is 12.4. The van der Waals surface area contributed by atoms with E-state index in [1.165, 1.54) is 0 Å². The van der Waals surface area contributed by atoms with Crippen molar-refractivity contribution in [2.75, 3.05) is 13.2 Å². The molecule has 13 atom stereocenters. The molecule has 4 aliphatic carbocycles. The Hall–Kier alpha value is -1.07. The molecule has 9 heteroatoms. The van der Waals surface area contributed by atoms with Gasteiger partial charge in [0.25, 0.3) is 0 Å². The van der Waals surface area contributed by atoms with Gasteiger partial charge in [0.2, 0.25) is 0 Å². The zero-order valence-electron chi connectivity index (χ0n) is 22.5. The molecule has 1 saturated heterocycles. The van der Waals surface area contributed by atoms with Crippen molar-refractivity contribution in [3.05, 3.63) is 11.6 Å². The number of fused-ring (bicyclic) bond motifs is 5. The molecule has 4 saturated carbocycles. The number of rotatable bonds is 4. The minimum Gasteiger partial charge on any atom is -0.458 e. The highest BCUT2D eigenvalue weighted by Gasteiger charge is 2.68. The predicted octanol–water partition coefficient (Wildman–Crippen LogP) is 1.43. The van der Waals surface area contributed by atoms with E-state index in [1.54, 1.807) is 0 Å². The molecule has 38 heavy (non-hydrogen) atoms. The highest BCUT2D eigenvalue weighted by Crippen LogP contribution is 2.70. The SMILES string of the molecule is C[C@]12CC[C@H](O[C@@H]3O[C@H](CO)[C@@H](O)[C@H](O)[C@H]3O)C[C@H]1CCC1[C@@H]2CC[C@]2(C)[C@@H](C3=CCOC3=O)CC[C@]12O. The second kappa shape index (κ2) is 9.50. The number of ether oxygens (including phenoxy) is 3. The Bertz CT molecular complexity index is 968. The van der Waals surface area contributed by atoms with Gasteiger partial charge < -0.3 is 39.7 Å². The molecule has 0 spiro atoms. The second-order valence-electron chi connectivity index (χ2n) is 13.5. The molecule has 2 heterocycles. The maximum atomic E-state index is 12.4. The largest absolute Gasteiger partial charge is 0.458 e. The van der Waals surface area contributed by atoms with Crippen LogP contribution in [-0.2, 0) is 19.0 Å². The van der Waals surface area contributed by atoms with E-state index in [0.717, 1.165) is 63.4 Å². The number of cyclic esters (lactones) is 1. The highest BCUT2D eigenvalue weighted by molar-refractivity contribution is 5.91. The molecule has 0 amide bonds. The fourth-order valence-corrected chi connectivity index (χ4v) is 9.84. The first kappa shape index (κ1) is 27.1. The number of aliphatic hydroxyl groups excluding tert-OH is 4. The molecular weight excluding hydrogens is 492 g/mol. The van der Waals surface area contributed by atoms with Crippen molar-refractivity contribution in [3.63, 3.8) is 0 Å². The third kappa shape index (κ3) is 3.80. The quantitative estimate of drug-likeness (QED) is 0.266. The van der Waals surface area contributed by atoms with Crippen molar-refractivity contribution in [2.24, 2.45) is 34.5 Å². The van der Waals surface area contributed by atoms with Crippen LogP contribution in [0.1, 0.15) is 71.6 Å². The minimum absolute atomic E-state index is 0.0525. The molecule has 0 aromatic heterocycles. The summed E-state index contributed by atoms with van der Waals surface area (Å²) >= 11 is 0. The molecule has 0 aromatic carbocycles. The van der Waals surface area contributed by atoms with Crippen molar-refractivity contribution in [1.82, 2.24) is 0 Å². The van der Waals surface area contributed by atoms with Crippen LogP contribution in [0.3, 0.4) is 0 Å². The zero-order chi connectivity index (χ0) is 27.0. The van der Waals surface area contributed by atoms with Crippen LogP contribution in [0.25, 0.3) is 0 Å². The minimum atomic E-state index is -1.44. The van der Waals surface area contributed by atoms with Crippen LogP contribution in [0.4, 0.5) is 0 Å². The smallest absolute Gasteiger partial charge is 0.334 e. The van der Waals surface area contributed by atoms with Crippen LogP contribution in [-0.4, -0.2) is 87.1 Å². The molecule has 5 fully saturated rings. The van der Waals surface area contributed by atoms with Gasteiger partial charge in [0.05, 0.1) is 18.3 Å². The number of carbonyl (C=O) groups excluding carboxylic acids is 1. The van der Waals surface area contributed by atoms with Crippen LogP contribution in [0.2, 0.25) is 0 Å². The average molecular weight is 537 g/mol. The van der Waals surface area contributed by atoms with Crippen LogP contribution in [0, 0.1) is 34.5 Å². The van der Waals surface area contributed by atoms with Crippen LogP contribution in [0.15, 0.2) is 11.6 Å². The van der Waals surface area contributed by atoms with E-state index < -0.39 is 42.9 Å². The van der Waals surface area contributed by atoms with Gasteiger partial charge in [-0.3, -0.25) is 0 Å². The molecule has 0 radical (unpaired) electrons. The van der Waals surface area contributed by atoms with E-state index in [2.05, 4.69) is 13.8 Å². The summed E-state index contributed by atoms with van der Waals surface area (Å²) in [7, 11) is 0. The third-order valence-corrected chi connectivity index (χ3v) is 12.1. The molecule has 0 bridgehead atoms. The fourth-order valence-electron chi connectivity index (χ4n) is 9.84. The Balaban J connectivity index is 1.16. The summed E-state index contributed by atoms with van der Waals surface area (Å²) in [4.78, 5) is 12.4. The molecule has 6 aliphatic rings. The van der Waals surface area contributed by atoms with Gasteiger partial charge in [-0.15, -0.1) is 0 Å². The summed E-state index contributed by atoms with van der Waals surface area (Å²) in [6, 6.07) is 0. The molecule has 5 N–H and O–H groups in total. The Morgan fingerprint density at radius 3 is 2.47 bits per heavy atom. The van der Waals surface area contributed by atoms with Crippen LogP contribution >= 0.6 is 0 Å². The Morgan fingerprint density at radius 1 is 0.974 bits per heavy atom. The van der Waals surface area contributed by atoms with Crippen molar-refractivity contribution >= 4 is 5.97 Å². The third-order valence-electron chi connectivity index (χ3n) is 12.1. The molecule has 2 aliphatic heterocycles. The van der Waals surface area contributed by atoms with Crippen LogP contribution in [0.5, 0.6) is 0 Å². The average Bonchev–Trinajstić information content (AvgIpc) is 3.43. The second-order valence-corrected chi connectivity index (χ2v) is 13.5. The maximum Gasteiger partial charge on any atom is 0.334 e. The van der Waals surface area contributed by atoms with Crippen molar-refractivity contribution in [1.29, 1.82) is 0 Å². The normalized spacial score (nSPS) is 54.5. The van der Waals surface area contributed by atoms with E-state index >= 15 is 0 Å². The van der Waals surface area contributed by atoms with Gasteiger partial charge >= 0.3 is 5.97 Å². The molecule has 9 nitrogen and oxygen atoms in total. The summed E-state index contributed by atoms with van der Waals surface area (Å²) in [5.74, 6) is 0.849. The van der Waals surface area contributed by atoms with E-state index in [1.807, 2.05) is 6.08 Å². The summed E-state index contributed by atoms with van der Waals surface area (Å²) in [6.45, 7) is 4.46. The Labute approximate surface area is 224 Å². The lowest BCUT2D eigenvalue weighted by molar-refractivity contribution is -0.317. The standard InChI is InChI=1S/C29H44O9/c1-27-9-5-16(37-26-24(33)23(32)22(31)21(14-30)38-26)13-15(27)3-4-20-19(27)6-10-28(2)18(7-11-29(20,28)35)17-8-12-36-25(17)34/h8,15-16,18-24,26,30-33,35H,3-7,9-14H2,1-2H3/t15-,16+,18-,19+,20?,21-,22-,23+,24-,26-,27+,28-,29+/m1/s1. The lowest BCUT2D eigenvalue weighted by Gasteiger charge is -2.63. The number of hydrogen-bond donors (Lipinski definition) is 5. The van der Waals surface area contributed by atoms with E-state index in [0.29, 0.717) is 18.4 Å². The predicted molar refractivity (Wildman–Crippen MR) is 134 cm³/mol. The van der Waals surface area contributed by atoms with Gasteiger partial charge in [-0.05, 0) is 93.0 Å². The molecule has 1 unspecified atom stereocenters. The summed E-state index contributed by atoms with van der Waals surface area (Å²) < 4.78 is 17.0. The lowest BCUT2D eigenvalue weighted by Crippen LogP contribution is -2.63. The fraction of sp³-hybridized carbons (Fsp3) is 0.897. The topological polar surface area (TPSA) is 146 Å². The van der Waals surface area contributed by atoms with Gasteiger partial charge in [0.1, 0.15) is 31.0 Å². The van der Waals surface area contributed by atoms with Gasteiger partial charge in [0.15, 0.2) is 6.29 Å². The molecular formula is C29H44O9. The van der Waals surface area contributed by atoms with E-state index in [4.69, 9.17) is 14.2 Å². The lowest BCUT2D eigenvalue weighted by atomic mass is 9.43. The van der Waals surface area contributed by atoms with Gasteiger partial charge in [-0.25, -0.2) is 4.79 Å². The molecule has 6 rings (SSSR count). The first-order valence-electron chi connectivity index (χ1n) is 14.6. The first-order chi connectivity index (χ1) is 18.0. The van der Waals surface area contributed by atoms with E-state index in [-0.39, 0.29) is 34.7 Å². The molecule has 214 valence electrons. The monoisotopic (exact) mass is 536 g/mol. The summed E-state index contributed by atoms with van der Waals surface area (Å²) in [5.41, 5.74) is -0.274. The van der Waals surface area contributed by atoms with Crippen molar-refractivity contribution in [3.8, 4) is 0 Å². The molecule has 0 aromatic rings. The van der Waals surface area contributed by atoms with Crippen LogP contribution < -0.4 is 0 Å². The summed E-state index contributed by atoms with van der Waals surface area (Å²) in [5, 5.41) is 52.5. The number of esters is 1. The summed E-state index contributed by atoms with van der Waals surface area (Å²) in [6.07, 6.45) is 3.42. The van der Waals surface area contributed by atoms with Gasteiger partial charge in [-0.1, -0.05) is 13.8 Å². The Kier molecular flexibility index (Phi) is 6.78. The number of carbonyl (C=O) groups is 1.